The molecule has 0 saturated carbocycles. The number of piperidine rings is 1. The van der Waals surface area contributed by atoms with Gasteiger partial charge in [-0.25, -0.2) is 4.39 Å². The molecular weight excluding hydrogens is 481 g/mol. The number of aromatic nitrogens is 1. The minimum Gasteiger partial charge on any atom is -0.466 e. The van der Waals surface area contributed by atoms with E-state index in [0.29, 0.717) is 52.2 Å². The number of nitrogens with two attached hydrogens (primary N) is 1. The number of nitrogens with one attached hydrogen (secondary N) is 1. The fourth-order valence-electron chi connectivity index (χ4n) is 4.14. The van der Waals surface area contributed by atoms with Crippen molar-refractivity contribution in [3.63, 3.8) is 0 Å². The van der Waals surface area contributed by atoms with E-state index in [1.807, 2.05) is 6.92 Å². The minimum atomic E-state index is -0.530. The Morgan fingerprint density at radius 3 is 2.78 bits per heavy atom. The molecule has 0 amide bonds. The normalized spacial score (nSPS) is 14.1. The highest BCUT2D eigenvalue weighted by molar-refractivity contribution is 6.31. The van der Waals surface area contributed by atoms with Crippen LogP contribution in [0.25, 0.3) is 10.9 Å². The van der Waals surface area contributed by atoms with Gasteiger partial charge in [-0.15, -0.1) is 0 Å². The number of anilines is 3. The number of carbonyl (C=O) groups is 1. The van der Waals surface area contributed by atoms with E-state index in [1.54, 1.807) is 12.1 Å². The molecule has 2 aromatic carbocycles. The van der Waals surface area contributed by atoms with Gasteiger partial charge < -0.3 is 15.8 Å². The zero-order valence-corrected chi connectivity index (χ0v) is 20.5. The van der Waals surface area contributed by atoms with Crippen LogP contribution in [0.5, 0.6) is 0 Å². The van der Waals surface area contributed by atoms with Crippen molar-refractivity contribution in [1.82, 2.24) is 9.88 Å². The predicted octanol–water partition coefficient (Wildman–Crippen LogP) is 4.85. The smallest absolute Gasteiger partial charge is 0.309 e. The summed E-state index contributed by atoms with van der Waals surface area (Å²) in [6.45, 7) is 4.35. The van der Waals surface area contributed by atoms with Gasteiger partial charge in [-0.3, -0.25) is 14.7 Å². The van der Waals surface area contributed by atoms with Gasteiger partial charge >= 0.3 is 5.97 Å². The van der Waals surface area contributed by atoms with Crippen LogP contribution in [-0.2, 0) is 9.53 Å². The first-order chi connectivity index (χ1) is 17.4. The molecule has 2 heterocycles. The van der Waals surface area contributed by atoms with Gasteiger partial charge in [0.2, 0.25) is 0 Å². The average molecular weight is 506 g/mol. The standard InChI is InChI=1S/C27H25ClFN5O2/c1-2-36-27(35)17-7-10-34(11-8-17)9-3-4-18-12-25-21(14-24(18)31)26(19(15-30)16-32-25)33-20-5-6-23(29)22(28)13-20/h5-6,12-14,16-17H,2,7-11,31H2,1H3,(H,32,33). The molecule has 4 rings (SSSR count). The Bertz CT molecular complexity index is 1400. The number of rotatable bonds is 5. The summed E-state index contributed by atoms with van der Waals surface area (Å²) in [6.07, 6.45) is 2.99. The summed E-state index contributed by atoms with van der Waals surface area (Å²) in [5, 5.41) is 13.3. The Morgan fingerprint density at radius 1 is 1.31 bits per heavy atom. The molecule has 0 atom stereocenters. The molecule has 1 saturated heterocycles. The molecule has 3 aromatic rings. The summed E-state index contributed by atoms with van der Waals surface area (Å²) in [5.41, 5.74) is 9.35. The summed E-state index contributed by atoms with van der Waals surface area (Å²) in [6, 6.07) is 9.87. The molecule has 1 fully saturated rings. The van der Waals surface area contributed by atoms with E-state index in [-0.39, 0.29) is 16.9 Å². The molecule has 7 nitrogen and oxygen atoms in total. The lowest BCUT2D eigenvalue weighted by Gasteiger charge is -2.29. The van der Waals surface area contributed by atoms with E-state index >= 15 is 0 Å². The van der Waals surface area contributed by atoms with Crippen molar-refractivity contribution in [3.8, 4) is 17.9 Å². The summed E-state index contributed by atoms with van der Waals surface area (Å²) in [7, 11) is 0. The molecule has 1 aromatic heterocycles. The number of nitriles is 1. The summed E-state index contributed by atoms with van der Waals surface area (Å²) < 4.78 is 18.7. The molecule has 184 valence electrons. The lowest BCUT2D eigenvalue weighted by atomic mass is 9.97. The van der Waals surface area contributed by atoms with Gasteiger partial charge in [-0.2, -0.15) is 5.26 Å². The van der Waals surface area contributed by atoms with Gasteiger partial charge in [0.05, 0.1) is 40.9 Å². The number of esters is 1. The van der Waals surface area contributed by atoms with Crippen LogP contribution in [0, 0.1) is 34.9 Å². The molecule has 9 heteroatoms. The summed E-state index contributed by atoms with van der Waals surface area (Å²) in [5.74, 6) is 5.61. The Morgan fingerprint density at radius 2 is 2.08 bits per heavy atom. The zero-order valence-electron chi connectivity index (χ0n) is 19.8. The number of pyridine rings is 1. The topological polar surface area (TPSA) is 104 Å². The fourth-order valence-corrected chi connectivity index (χ4v) is 4.32. The average Bonchev–Trinajstić information content (AvgIpc) is 2.87. The zero-order chi connectivity index (χ0) is 25.7. The second kappa shape index (κ2) is 11.3. The molecule has 0 radical (unpaired) electrons. The second-order valence-corrected chi connectivity index (χ2v) is 8.88. The molecule has 36 heavy (non-hydrogen) atoms. The lowest BCUT2D eigenvalue weighted by Crippen LogP contribution is -2.37. The molecule has 0 aliphatic carbocycles. The van der Waals surface area contributed by atoms with Gasteiger partial charge in [0.1, 0.15) is 11.9 Å². The Balaban J connectivity index is 1.52. The second-order valence-electron chi connectivity index (χ2n) is 8.47. The van der Waals surface area contributed by atoms with Crippen LogP contribution in [0.1, 0.15) is 30.9 Å². The van der Waals surface area contributed by atoms with E-state index in [4.69, 9.17) is 22.1 Å². The number of halogens is 2. The number of likely N-dealkylation sites (tertiary alicyclic amines) is 1. The van der Waals surface area contributed by atoms with E-state index < -0.39 is 5.82 Å². The SMILES string of the molecule is CCOC(=O)C1CCN(CC#Cc2cc3ncc(C#N)c(Nc4ccc(F)c(Cl)c4)c3cc2N)CC1. The third kappa shape index (κ3) is 5.68. The van der Waals surface area contributed by atoms with Crippen LogP contribution in [0.4, 0.5) is 21.5 Å². The van der Waals surface area contributed by atoms with Crippen molar-refractivity contribution in [2.75, 3.05) is 37.3 Å². The van der Waals surface area contributed by atoms with Crippen molar-refractivity contribution in [3.05, 3.63) is 58.5 Å². The fraction of sp³-hybridized carbons (Fsp3) is 0.296. The van der Waals surface area contributed by atoms with Crippen LogP contribution >= 0.6 is 11.6 Å². The van der Waals surface area contributed by atoms with Crippen LogP contribution < -0.4 is 11.1 Å². The van der Waals surface area contributed by atoms with Gasteiger partial charge in [-0.05, 0) is 63.2 Å². The van der Waals surface area contributed by atoms with Crippen molar-refractivity contribution < 1.29 is 13.9 Å². The predicted molar refractivity (Wildman–Crippen MR) is 138 cm³/mol. The maximum atomic E-state index is 13.6. The third-order valence-electron chi connectivity index (χ3n) is 6.08. The van der Waals surface area contributed by atoms with Gasteiger partial charge in [0.15, 0.2) is 0 Å². The number of ether oxygens (including phenoxy) is 1. The maximum Gasteiger partial charge on any atom is 0.309 e. The Labute approximate surface area is 214 Å². The highest BCUT2D eigenvalue weighted by atomic mass is 35.5. The van der Waals surface area contributed by atoms with Crippen LogP contribution in [-0.4, -0.2) is 42.1 Å². The van der Waals surface area contributed by atoms with Crippen molar-refractivity contribution >= 4 is 45.5 Å². The summed E-state index contributed by atoms with van der Waals surface area (Å²) >= 11 is 5.90. The largest absolute Gasteiger partial charge is 0.466 e. The number of benzene rings is 2. The monoisotopic (exact) mass is 505 g/mol. The third-order valence-corrected chi connectivity index (χ3v) is 6.37. The first-order valence-electron chi connectivity index (χ1n) is 11.6. The number of fused-ring (bicyclic) bond motifs is 1. The quantitative estimate of drug-likeness (QED) is 0.290. The summed E-state index contributed by atoms with van der Waals surface area (Å²) in [4.78, 5) is 18.5. The molecule has 1 aliphatic heterocycles. The molecule has 0 spiro atoms. The van der Waals surface area contributed by atoms with Gasteiger partial charge in [-0.1, -0.05) is 23.4 Å². The number of hydrogen-bond donors (Lipinski definition) is 2. The first kappa shape index (κ1) is 25.2. The number of hydrogen-bond acceptors (Lipinski definition) is 7. The first-order valence-corrected chi connectivity index (χ1v) is 12.0. The van der Waals surface area contributed by atoms with Crippen molar-refractivity contribution in [2.45, 2.75) is 19.8 Å². The maximum absolute atomic E-state index is 13.6. The molecule has 0 bridgehead atoms. The van der Waals surface area contributed by atoms with E-state index in [1.165, 1.54) is 24.4 Å². The molecule has 3 N–H and O–H groups in total. The van der Waals surface area contributed by atoms with Crippen LogP contribution in [0.15, 0.2) is 36.5 Å². The van der Waals surface area contributed by atoms with E-state index in [0.717, 1.165) is 25.9 Å². The van der Waals surface area contributed by atoms with Crippen molar-refractivity contribution in [1.29, 1.82) is 5.26 Å². The minimum absolute atomic E-state index is 0.0286. The van der Waals surface area contributed by atoms with Crippen LogP contribution in [0.3, 0.4) is 0 Å². The van der Waals surface area contributed by atoms with Crippen LogP contribution in [0.2, 0.25) is 5.02 Å². The van der Waals surface area contributed by atoms with Gasteiger partial charge in [0.25, 0.3) is 0 Å². The molecule has 1 aliphatic rings. The highest BCUT2D eigenvalue weighted by Gasteiger charge is 2.25. The van der Waals surface area contributed by atoms with Crippen molar-refractivity contribution in [2.24, 2.45) is 5.92 Å². The number of nitrogens with zero attached hydrogens (tertiary/aromatic N) is 3. The Hall–Kier alpha value is -3.85. The molecular formula is C27H25ClFN5O2. The lowest BCUT2D eigenvalue weighted by molar-refractivity contribution is -0.149. The van der Waals surface area contributed by atoms with E-state index in [2.05, 4.69) is 33.1 Å². The van der Waals surface area contributed by atoms with E-state index in [9.17, 15) is 14.4 Å². The number of carbonyl (C=O) groups excluding carboxylic acids is 1. The Kier molecular flexibility index (Phi) is 7.90. The highest BCUT2D eigenvalue weighted by Crippen LogP contribution is 2.32. The van der Waals surface area contributed by atoms with Gasteiger partial charge in [0, 0.05) is 28.5 Å². The molecule has 0 unspecified atom stereocenters. The number of nitrogen functional groups attached to an aromatic ring is 1.